The molecular formula is C12H13N3O2S. The molecule has 94 valence electrons. The minimum absolute atomic E-state index is 0.366. The van der Waals surface area contributed by atoms with Crippen molar-refractivity contribution >= 4 is 22.9 Å². The third kappa shape index (κ3) is 2.53. The van der Waals surface area contributed by atoms with Crippen LogP contribution >= 0.6 is 11.8 Å². The summed E-state index contributed by atoms with van der Waals surface area (Å²) >= 11 is 1.49. The lowest BCUT2D eigenvalue weighted by atomic mass is 10.0. The zero-order valence-electron chi connectivity index (χ0n) is 10.1. The van der Waals surface area contributed by atoms with Crippen LogP contribution in [0.5, 0.6) is 0 Å². The van der Waals surface area contributed by atoms with E-state index in [1.165, 1.54) is 18.9 Å². The normalized spacial score (nSPS) is 18.4. The number of nitrogens with zero attached hydrogens (tertiary/aromatic N) is 2. The van der Waals surface area contributed by atoms with Crippen LogP contribution in [0.2, 0.25) is 0 Å². The van der Waals surface area contributed by atoms with Gasteiger partial charge >= 0.3 is 5.97 Å². The summed E-state index contributed by atoms with van der Waals surface area (Å²) in [7, 11) is 1.36. The summed E-state index contributed by atoms with van der Waals surface area (Å²) in [5.74, 6) is -0.389. The van der Waals surface area contributed by atoms with Crippen molar-refractivity contribution in [3.63, 3.8) is 0 Å². The average Bonchev–Trinajstić information content (AvgIpc) is 2.46. The summed E-state index contributed by atoms with van der Waals surface area (Å²) in [4.78, 5) is 20.3. The van der Waals surface area contributed by atoms with Crippen molar-refractivity contribution in [2.45, 2.75) is 6.04 Å². The number of methoxy groups -OCH3 is 1. The van der Waals surface area contributed by atoms with Gasteiger partial charge in [-0.1, -0.05) is 17.8 Å². The van der Waals surface area contributed by atoms with Gasteiger partial charge in [0, 0.05) is 18.6 Å². The van der Waals surface area contributed by atoms with E-state index in [9.17, 15) is 4.79 Å². The molecular weight excluding hydrogens is 250 g/mol. The maximum absolute atomic E-state index is 11.7. The van der Waals surface area contributed by atoms with Gasteiger partial charge in [0.15, 0.2) is 5.17 Å². The predicted molar refractivity (Wildman–Crippen MR) is 71.2 cm³/mol. The van der Waals surface area contributed by atoms with E-state index in [0.29, 0.717) is 5.57 Å². The molecule has 18 heavy (non-hydrogen) atoms. The number of carbonyl (C=O) groups is 1. The third-order valence-corrected chi connectivity index (χ3v) is 3.12. The predicted octanol–water partition coefficient (Wildman–Crippen LogP) is 1.50. The Balaban J connectivity index is 2.37. The van der Waals surface area contributed by atoms with Gasteiger partial charge in [0.25, 0.3) is 0 Å². The van der Waals surface area contributed by atoms with Gasteiger partial charge in [-0.2, -0.15) is 0 Å². The fourth-order valence-electron chi connectivity index (χ4n) is 1.63. The standard InChI is InChI=1S/C12H13N3O2S/c1-17-11(16)9-7-14-12(18-2)15-10(9)8-4-3-5-13-6-8/h3-7,10H,1-2H3,(H,14,15). The monoisotopic (exact) mass is 263 g/mol. The molecule has 0 spiro atoms. The Kier molecular flexibility index (Phi) is 3.99. The second-order valence-electron chi connectivity index (χ2n) is 3.56. The Morgan fingerprint density at radius 3 is 3.00 bits per heavy atom. The topological polar surface area (TPSA) is 63.6 Å². The molecule has 2 heterocycles. The number of hydrogen-bond donors (Lipinski definition) is 1. The number of aliphatic imine (C=N–C) groups is 1. The highest BCUT2D eigenvalue weighted by atomic mass is 32.2. The summed E-state index contributed by atoms with van der Waals surface area (Å²) < 4.78 is 4.77. The van der Waals surface area contributed by atoms with E-state index in [1.807, 2.05) is 18.4 Å². The van der Waals surface area contributed by atoms with Gasteiger partial charge in [0.1, 0.15) is 6.04 Å². The number of carbonyl (C=O) groups excluding carboxylic acids is 1. The highest BCUT2D eigenvalue weighted by Crippen LogP contribution is 2.29. The Morgan fingerprint density at radius 1 is 1.56 bits per heavy atom. The Hall–Kier alpha value is -1.82. The molecule has 1 aliphatic rings. The highest BCUT2D eigenvalue weighted by molar-refractivity contribution is 8.13. The first kappa shape index (κ1) is 12.6. The Morgan fingerprint density at radius 2 is 2.39 bits per heavy atom. The van der Waals surface area contributed by atoms with Gasteiger partial charge in [-0.15, -0.1) is 0 Å². The summed E-state index contributed by atoms with van der Waals surface area (Å²) in [6.45, 7) is 0. The first-order chi connectivity index (χ1) is 8.76. The van der Waals surface area contributed by atoms with E-state index < -0.39 is 0 Å². The molecule has 0 aromatic carbocycles. The molecule has 0 saturated carbocycles. The first-order valence-corrected chi connectivity index (χ1v) is 6.55. The second kappa shape index (κ2) is 5.68. The molecule has 0 amide bonds. The molecule has 1 aromatic rings. The van der Waals surface area contributed by atoms with Crippen molar-refractivity contribution in [3.8, 4) is 0 Å². The first-order valence-electron chi connectivity index (χ1n) is 5.33. The summed E-state index contributed by atoms with van der Waals surface area (Å²) in [5, 5.41) is 3.72. The lowest BCUT2D eigenvalue weighted by molar-refractivity contribution is -0.136. The zero-order valence-corrected chi connectivity index (χ0v) is 10.9. The molecule has 0 aliphatic carbocycles. The minimum atomic E-state index is -0.389. The SMILES string of the molecule is COC(=O)C1=CNC(SC)=NC1c1cccnc1. The van der Waals surface area contributed by atoms with Crippen molar-refractivity contribution in [1.82, 2.24) is 10.3 Å². The number of ether oxygens (including phenoxy) is 1. The van der Waals surface area contributed by atoms with Crippen molar-refractivity contribution in [2.75, 3.05) is 13.4 Å². The van der Waals surface area contributed by atoms with Gasteiger partial charge in [-0.05, 0) is 17.9 Å². The van der Waals surface area contributed by atoms with Crippen LogP contribution in [0.25, 0.3) is 0 Å². The maximum Gasteiger partial charge on any atom is 0.337 e. The number of pyridine rings is 1. The molecule has 0 saturated heterocycles. The molecule has 5 nitrogen and oxygen atoms in total. The molecule has 0 radical (unpaired) electrons. The lowest BCUT2D eigenvalue weighted by Crippen LogP contribution is -2.25. The van der Waals surface area contributed by atoms with Crippen LogP contribution < -0.4 is 5.32 Å². The fraction of sp³-hybridized carbons (Fsp3) is 0.250. The molecule has 1 aromatic heterocycles. The number of nitrogens with one attached hydrogen (secondary N) is 1. The van der Waals surface area contributed by atoms with Gasteiger partial charge in [-0.3, -0.25) is 4.98 Å². The fourth-order valence-corrected chi connectivity index (χ4v) is 2.02. The van der Waals surface area contributed by atoms with E-state index in [-0.39, 0.29) is 12.0 Å². The summed E-state index contributed by atoms with van der Waals surface area (Å²) in [5.41, 5.74) is 1.34. The lowest BCUT2D eigenvalue weighted by Gasteiger charge is -2.21. The van der Waals surface area contributed by atoms with E-state index in [0.717, 1.165) is 10.7 Å². The van der Waals surface area contributed by atoms with Crippen LogP contribution in [0.3, 0.4) is 0 Å². The van der Waals surface area contributed by atoms with Gasteiger partial charge < -0.3 is 10.1 Å². The van der Waals surface area contributed by atoms with E-state index in [2.05, 4.69) is 15.3 Å². The molecule has 1 aliphatic heterocycles. The smallest absolute Gasteiger partial charge is 0.337 e. The Bertz CT molecular complexity index is 499. The number of aromatic nitrogens is 1. The van der Waals surface area contributed by atoms with Crippen LogP contribution in [0, 0.1) is 0 Å². The summed E-state index contributed by atoms with van der Waals surface area (Å²) in [6, 6.07) is 3.34. The van der Waals surface area contributed by atoms with E-state index in [1.54, 1.807) is 18.6 Å². The van der Waals surface area contributed by atoms with E-state index in [4.69, 9.17) is 4.74 Å². The average molecular weight is 263 g/mol. The van der Waals surface area contributed by atoms with Crippen molar-refractivity contribution in [3.05, 3.63) is 41.9 Å². The third-order valence-electron chi connectivity index (χ3n) is 2.51. The number of rotatable bonds is 2. The second-order valence-corrected chi connectivity index (χ2v) is 4.36. The maximum atomic E-state index is 11.7. The van der Waals surface area contributed by atoms with Gasteiger partial charge in [-0.25, -0.2) is 9.79 Å². The molecule has 2 rings (SSSR count). The van der Waals surface area contributed by atoms with E-state index >= 15 is 0 Å². The molecule has 1 unspecified atom stereocenters. The van der Waals surface area contributed by atoms with Crippen molar-refractivity contribution < 1.29 is 9.53 Å². The largest absolute Gasteiger partial charge is 0.466 e. The van der Waals surface area contributed by atoms with Crippen LogP contribution in [-0.4, -0.2) is 29.5 Å². The number of hydrogen-bond acceptors (Lipinski definition) is 6. The molecule has 1 N–H and O–H groups in total. The molecule has 6 heteroatoms. The van der Waals surface area contributed by atoms with Crippen molar-refractivity contribution in [2.24, 2.45) is 4.99 Å². The number of esters is 1. The van der Waals surface area contributed by atoms with Crippen molar-refractivity contribution in [1.29, 1.82) is 0 Å². The minimum Gasteiger partial charge on any atom is -0.466 e. The Labute approximate surface area is 109 Å². The number of amidine groups is 1. The highest BCUT2D eigenvalue weighted by Gasteiger charge is 2.26. The quantitative estimate of drug-likeness (QED) is 0.819. The molecule has 0 fully saturated rings. The zero-order chi connectivity index (χ0) is 13.0. The van der Waals surface area contributed by atoms with Crippen LogP contribution in [0.15, 0.2) is 41.3 Å². The van der Waals surface area contributed by atoms with Gasteiger partial charge in [0.05, 0.1) is 12.7 Å². The summed E-state index contributed by atoms with van der Waals surface area (Å²) in [6.07, 6.45) is 6.95. The van der Waals surface area contributed by atoms with Crippen LogP contribution in [-0.2, 0) is 9.53 Å². The number of thioether (sulfide) groups is 1. The molecule has 1 atom stereocenters. The van der Waals surface area contributed by atoms with Crippen LogP contribution in [0.4, 0.5) is 0 Å². The molecule has 0 bridgehead atoms. The van der Waals surface area contributed by atoms with Gasteiger partial charge in [0.2, 0.25) is 0 Å². The van der Waals surface area contributed by atoms with Crippen LogP contribution in [0.1, 0.15) is 11.6 Å².